The lowest BCUT2D eigenvalue weighted by molar-refractivity contribution is -0.667. The predicted octanol–water partition coefficient (Wildman–Crippen LogP) is 7.49. The maximum absolute atomic E-state index is 11.6. The van der Waals surface area contributed by atoms with Gasteiger partial charge in [-0.25, -0.2) is 0 Å². The molecule has 0 bridgehead atoms. The highest BCUT2D eigenvalue weighted by Crippen LogP contribution is 2.42. The van der Waals surface area contributed by atoms with Gasteiger partial charge in [0.25, 0.3) is 25.2 Å². The van der Waals surface area contributed by atoms with Gasteiger partial charge in [0.15, 0.2) is 12.3 Å². The van der Waals surface area contributed by atoms with E-state index in [4.69, 9.17) is 4.74 Å². The Kier molecular flexibility index (Phi) is 10.00. The van der Waals surface area contributed by atoms with Crippen LogP contribution >= 0.6 is 11.3 Å². The molecule has 0 amide bonds. The lowest BCUT2D eigenvalue weighted by Crippen LogP contribution is -2.36. The second-order valence-corrected chi connectivity index (χ2v) is 15.9. The van der Waals surface area contributed by atoms with E-state index in [-0.39, 0.29) is 17.9 Å². The fraction of sp³-hybridized carbons (Fsp3) is 0.250. The van der Waals surface area contributed by atoms with Crippen LogP contribution in [0.5, 0.6) is 5.75 Å². The van der Waals surface area contributed by atoms with Crippen LogP contribution in [0.1, 0.15) is 37.6 Å². The van der Waals surface area contributed by atoms with Gasteiger partial charge in [0.2, 0.25) is 11.4 Å². The van der Waals surface area contributed by atoms with Crippen LogP contribution in [0.3, 0.4) is 0 Å². The van der Waals surface area contributed by atoms with E-state index in [1.165, 1.54) is 0 Å². The van der Waals surface area contributed by atoms with Crippen molar-refractivity contribution in [1.82, 2.24) is 0 Å². The van der Waals surface area contributed by atoms with Gasteiger partial charge in [-0.2, -0.15) is 21.4 Å². The van der Waals surface area contributed by atoms with Gasteiger partial charge >= 0.3 is 0 Å². The molecule has 0 saturated heterocycles. The lowest BCUT2D eigenvalue weighted by Gasteiger charge is -2.19. The van der Waals surface area contributed by atoms with Gasteiger partial charge in [0.1, 0.15) is 4.70 Å². The summed E-state index contributed by atoms with van der Waals surface area (Å²) in [6.45, 7) is 2.94. The van der Waals surface area contributed by atoms with Crippen LogP contribution < -0.4 is 14.2 Å². The van der Waals surface area contributed by atoms with Crippen molar-refractivity contribution in [3.8, 4) is 16.9 Å². The van der Waals surface area contributed by atoms with E-state index in [2.05, 4.69) is 47.9 Å². The minimum atomic E-state index is -4.10. The van der Waals surface area contributed by atoms with Crippen molar-refractivity contribution in [2.45, 2.75) is 39.2 Å². The number of allylic oxidation sites excluding steroid dienone is 2. The molecule has 4 aromatic carbocycles. The van der Waals surface area contributed by atoms with Gasteiger partial charge in [0.05, 0.1) is 22.6 Å². The minimum absolute atomic E-state index is 0.251. The summed E-state index contributed by atoms with van der Waals surface area (Å²) in [5, 5.41) is 3.08. The van der Waals surface area contributed by atoms with Gasteiger partial charge in [-0.1, -0.05) is 78.9 Å². The van der Waals surface area contributed by atoms with Gasteiger partial charge in [-0.05, 0) is 65.6 Å². The van der Waals surface area contributed by atoms with Gasteiger partial charge in [0, 0.05) is 25.1 Å². The highest BCUT2D eigenvalue weighted by molar-refractivity contribution is 7.86. The van der Waals surface area contributed by atoms with Crippen LogP contribution in [0, 0.1) is 0 Å². The lowest BCUT2D eigenvalue weighted by atomic mass is 10.0. The number of hydrogen-bond donors (Lipinski definition) is 2. The molecule has 0 radical (unpaired) electrons. The first-order valence-corrected chi connectivity index (χ1v) is 19.8. The van der Waals surface area contributed by atoms with Gasteiger partial charge in [-0.3, -0.25) is 9.11 Å². The summed E-state index contributed by atoms with van der Waals surface area (Å²) in [7, 11) is -8.17. The maximum atomic E-state index is 11.6. The molecule has 0 atom stereocenters. The molecular formula is C36H37N2O7S3+. The summed E-state index contributed by atoms with van der Waals surface area (Å²) >= 11 is 1.62. The Hall–Kier alpha value is -4.07. The Morgan fingerprint density at radius 3 is 2.33 bits per heavy atom. The van der Waals surface area contributed by atoms with E-state index in [1.54, 1.807) is 11.3 Å². The van der Waals surface area contributed by atoms with Crippen LogP contribution in [0.2, 0.25) is 0 Å². The Balaban J connectivity index is 1.39. The average Bonchev–Trinajstić information content (AvgIpc) is 3.58. The number of aromatic nitrogens is 1. The van der Waals surface area contributed by atoms with Crippen LogP contribution in [0.25, 0.3) is 38.2 Å². The summed E-state index contributed by atoms with van der Waals surface area (Å²) in [4.78, 5) is 2.05. The fourth-order valence-electron chi connectivity index (χ4n) is 5.97. The number of thiazole rings is 1. The molecule has 0 fully saturated rings. The molecule has 250 valence electrons. The van der Waals surface area contributed by atoms with E-state index >= 15 is 0 Å². The van der Waals surface area contributed by atoms with Gasteiger partial charge < -0.3 is 9.64 Å². The largest absolute Gasteiger partial charge is 0.439 e. The van der Waals surface area contributed by atoms with E-state index < -0.39 is 20.2 Å². The number of ether oxygens (including phenoxy) is 1. The molecule has 2 heterocycles. The molecule has 48 heavy (non-hydrogen) atoms. The monoisotopic (exact) mass is 705 g/mol. The number of fused-ring (bicyclic) bond motifs is 4. The Morgan fingerprint density at radius 1 is 0.854 bits per heavy atom. The van der Waals surface area contributed by atoms with Crippen molar-refractivity contribution in [2.24, 2.45) is 0 Å². The molecule has 0 unspecified atom stereocenters. The number of anilines is 1. The van der Waals surface area contributed by atoms with E-state index in [0.29, 0.717) is 44.0 Å². The van der Waals surface area contributed by atoms with E-state index in [0.717, 1.165) is 48.4 Å². The van der Waals surface area contributed by atoms with Crippen molar-refractivity contribution in [2.75, 3.05) is 23.0 Å². The molecule has 1 aliphatic heterocycles. The Morgan fingerprint density at radius 2 is 1.58 bits per heavy atom. The summed E-state index contributed by atoms with van der Waals surface area (Å²) in [6, 6.07) is 28.3. The minimum Gasteiger partial charge on any atom is -0.439 e. The molecular weight excluding hydrogens is 669 g/mol. The second kappa shape index (κ2) is 14.2. The molecule has 1 aromatic heterocycles. The zero-order valence-electron chi connectivity index (χ0n) is 26.4. The summed E-state index contributed by atoms with van der Waals surface area (Å²) < 4.78 is 74.2. The molecule has 1 aliphatic rings. The molecule has 6 rings (SSSR count). The van der Waals surface area contributed by atoms with Crippen molar-refractivity contribution in [3.63, 3.8) is 0 Å². The van der Waals surface area contributed by atoms with E-state index in [9.17, 15) is 25.9 Å². The smallest absolute Gasteiger partial charge is 0.265 e. The van der Waals surface area contributed by atoms with Crippen molar-refractivity contribution in [1.29, 1.82) is 0 Å². The molecule has 9 nitrogen and oxygen atoms in total. The van der Waals surface area contributed by atoms with Crippen molar-refractivity contribution in [3.05, 3.63) is 107 Å². The predicted molar refractivity (Wildman–Crippen MR) is 192 cm³/mol. The second-order valence-electron chi connectivity index (χ2n) is 11.7. The highest BCUT2D eigenvalue weighted by atomic mass is 32.2. The summed E-state index contributed by atoms with van der Waals surface area (Å²) in [5.41, 5.74) is 4.95. The first-order valence-electron chi connectivity index (χ1n) is 15.8. The number of unbranched alkanes of at least 4 members (excludes halogenated alkanes) is 1. The highest BCUT2D eigenvalue weighted by Gasteiger charge is 2.28. The normalized spacial score (nSPS) is 14.6. The number of hydrogen-bond acceptors (Lipinski definition) is 7. The van der Waals surface area contributed by atoms with Crippen LogP contribution in [-0.2, 0) is 26.8 Å². The van der Waals surface area contributed by atoms with Crippen LogP contribution in [0.4, 0.5) is 5.69 Å². The van der Waals surface area contributed by atoms with Crippen molar-refractivity contribution >= 4 is 64.3 Å². The van der Waals surface area contributed by atoms with Crippen molar-refractivity contribution < 1.29 is 35.2 Å². The number of nitrogens with zero attached hydrogens (tertiary/aromatic N) is 2. The Bertz CT molecular complexity index is 2240. The zero-order valence-corrected chi connectivity index (χ0v) is 28.9. The molecule has 2 N–H and O–H groups in total. The SMILES string of the molecule is CC/C(C=C1Oc2ccc(-c3ccccc3)cc2N1CCCCS(=O)(=O)O)=C\c1sc2ccc3ccccc3c2[n+]1CCCS(=O)(=O)O. The summed E-state index contributed by atoms with van der Waals surface area (Å²) in [5.74, 6) is 0.662. The average molecular weight is 706 g/mol. The topological polar surface area (TPSA) is 125 Å². The third-order valence-electron chi connectivity index (χ3n) is 8.30. The summed E-state index contributed by atoms with van der Waals surface area (Å²) in [6.07, 6.45) is 5.83. The van der Waals surface area contributed by atoms with Crippen LogP contribution in [0.15, 0.2) is 102 Å². The number of aryl methyl sites for hydroxylation is 1. The van der Waals surface area contributed by atoms with E-state index in [1.807, 2.05) is 65.6 Å². The molecule has 12 heteroatoms. The molecule has 0 spiro atoms. The fourth-order valence-corrected chi connectivity index (χ4v) is 8.22. The number of benzene rings is 4. The quantitative estimate of drug-likeness (QED) is 0.0734. The first kappa shape index (κ1) is 33.8. The third-order valence-corrected chi connectivity index (χ3v) is 11.0. The third kappa shape index (κ3) is 7.96. The van der Waals surface area contributed by atoms with Crippen LogP contribution in [-0.4, -0.2) is 44.0 Å². The molecule has 5 aromatic rings. The maximum Gasteiger partial charge on any atom is 0.265 e. The van der Waals surface area contributed by atoms with Gasteiger partial charge in [-0.15, -0.1) is 0 Å². The zero-order chi connectivity index (χ0) is 33.9. The first-order chi connectivity index (χ1) is 23.0. The standard InChI is InChI=1S/C36H36N2O7S3/c1-2-26(24-35-38(20-10-22-48(42,43)44)36-30-14-7-6-13-28(30)16-18-33(36)46-35)23-34-37(19-8-9-21-47(39,40)41)31-25-29(15-17-32(31)45-34)27-11-4-3-5-12-27/h3-7,11-18,23-25H,2,8-10,19-22H2,1H3,(H-,39,40,41,42,43,44)/p+1. The number of rotatable bonds is 13. The Labute approximate surface area is 284 Å². The molecule has 0 aliphatic carbocycles. The molecule has 0 saturated carbocycles.